The lowest BCUT2D eigenvalue weighted by atomic mass is 10.2. The van der Waals surface area contributed by atoms with Gasteiger partial charge in [-0.05, 0) is 38.5 Å². The highest BCUT2D eigenvalue weighted by Crippen LogP contribution is 2.24. The van der Waals surface area contributed by atoms with E-state index in [1.165, 1.54) is 74.5 Å². The Morgan fingerprint density at radius 2 is 1.04 bits per heavy atom. The van der Waals surface area contributed by atoms with E-state index < -0.39 is 0 Å². The molecule has 6 heteroatoms. The molecule has 2 heterocycles. The Morgan fingerprint density at radius 3 is 1.39 bits per heavy atom. The van der Waals surface area contributed by atoms with Crippen molar-refractivity contribution in [1.82, 2.24) is 9.13 Å². The number of nitrogens with zero attached hydrogens (tertiary/aromatic N) is 4. The number of hydrogen-bond acceptors (Lipinski definition) is 2. The van der Waals surface area contributed by atoms with Crippen molar-refractivity contribution >= 4 is 21.6 Å². The molecule has 2 aromatic rings. The normalized spacial score (nSPS) is 11.4. The molecular formula is C22H40N4S2+2. The van der Waals surface area contributed by atoms with Crippen molar-refractivity contribution in [3.8, 4) is 0 Å². The Labute approximate surface area is 180 Å². The van der Waals surface area contributed by atoms with Crippen LogP contribution in [-0.2, 0) is 27.2 Å². The summed E-state index contributed by atoms with van der Waals surface area (Å²) < 4.78 is 9.11. The Hall–Kier alpha value is -0.880. The Balaban J connectivity index is 1.32. The summed E-state index contributed by atoms with van der Waals surface area (Å²) in [5.74, 6) is 5.32. The van der Waals surface area contributed by atoms with Crippen molar-refractivity contribution in [3.63, 3.8) is 0 Å². The minimum Gasteiger partial charge on any atom is -0.237 e. The summed E-state index contributed by atoms with van der Waals surface area (Å²) in [6, 6.07) is 0. The molecule has 0 atom stereocenters. The number of unbranched alkanes of at least 4 members (excludes halogenated alkanes) is 6. The first-order valence-electron chi connectivity index (χ1n) is 10.9. The molecule has 0 saturated carbocycles. The topological polar surface area (TPSA) is 17.6 Å². The van der Waals surface area contributed by atoms with Crippen LogP contribution < -0.4 is 9.13 Å². The zero-order chi connectivity index (χ0) is 20.2. The van der Waals surface area contributed by atoms with Crippen LogP contribution in [0.25, 0.3) is 0 Å². The molecule has 0 bridgehead atoms. The van der Waals surface area contributed by atoms with Gasteiger partial charge in [-0.25, -0.2) is 18.3 Å². The molecule has 0 aromatic carbocycles. The molecule has 0 spiro atoms. The van der Waals surface area contributed by atoms with Crippen molar-refractivity contribution in [1.29, 1.82) is 0 Å². The van der Waals surface area contributed by atoms with Gasteiger partial charge in [-0.15, -0.1) is 0 Å². The predicted octanol–water partition coefficient (Wildman–Crippen LogP) is 4.76. The molecule has 2 rings (SSSR count). The maximum absolute atomic E-state index is 2.37. The van der Waals surface area contributed by atoms with Crippen molar-refractivity contribution in [2.75, 3.05) is 11.5 Å². The van der Waals surface area contributed by atoms with Crippen LogP contribution in [0.5, 0.6) is 0 Å². The Bertz CT molecular complexity index is 620. The first-order valence-corrected chi connectivity index (χ1v) is 13.4. The third-order valence-corrected chi connectivity index (χ3v) is 8.21. The van der Waals surface area contributed by atoms with Gasteiger partial charge in [0.2, 0.25) is 0 Å². The molecule has 0 saturated heterocycles. The minimum absolute atomic E-state index is 1.16. The maximum atomic E-state index is 2.37. The monoisotopic (exact) mass is 424 g/mol. The zero-order valence-electron chi connectivity index (χ0n) is 18.4. The van der Waals surface area contributed by atoms with E-state index in [-0.39, 0.29) is 0 Å². The minimum atomic E-state index is 1.16. The second-order valence-electron chi connectivity index (χ2n) is 7.77. The molecule has 0 aliphatic heterocycles. The molecule has 0 aliphatic rings. The van der Waals surface area contributed by atoms with Gasteiger partial charge >= 0.3 is 0 Å². The lowest BCUT2D eigenvalue weighted by Gasteiger charge is -2.03. The highest BCUT2D eigenvalue weighted by Gasteiger charge is 2.08. The second-order valence-corrected chi connectivity index (χ2v) is 10.5. The molecule has 2 aromatic heterocycles. The fraction of sp³-hybridized carbons (Fsp3) is 0.727. The number of aryl methyl sites for hydroxylation is 4. The van der Waals surface area contributed by atoms with E-state index in [4.69, 9.17) is 0 Å². The third kappa shape index (κ3) is 8.24. The third-order valence-electron chi connectivity index (χ3n) is 5.63. The van der Waals surface area contributed by atoms with Crippen molar-refractivity contribution in [3.05, 3.63) is 36.4 Å². The van der Waals surface area contributed by atoms with Gasteiger partial charge in [0.1, 0.15) is 24.8 Å². The fourth-order valence-corrected chi connectivity index (χ4v) is 5.68. The van der Waals surface area contributed by atoms with Gasteiger partial charge in [0.05, 0.1) is 27.2 Å². The van der Waals surface area contributed by atoms with Crippen LogP contribution in [0.2, 0.25) is 0 Å². The van der Waals surface area contributed by atoms with Gasteiger partial charge in [-0.2, -0.15) is 0 Å². The van der Waals surface area contributed by atoms with Crippen LogP contribution in [0, 0.1) is 13.8 Å². The quantitative estimate of drug-likeness (QED) is 0.233. The van der Waals surface area contributed by atoms with Crippen LogP contribution in [-0.4, -0.2) is 20.6 Å². The molecule has 0 unspecified atom stereocenters. The van der Waals surface area contributed by atoms with Gasteiger partial charge < -0.3 is 0 Å². The van der Waals surface area contributed by atoms with Gasteiger partial charge in [-0.1, -0.05) is 34.4 Å². The highest BCUT2D eigenvalue weighted by atomic mass is 33.1. The summed E-state index contributed by atoms with van der Waals surface area (Å²) in [4.78, 5) is 0. The standard InChI is InChI=1S/C22H40N4S2/c1-21-23(3)15-17-25(21)13-9-5-7-11-19-27-28-20-12-8-6-10-14-26-18-16-24(4)22(26)2/h15-18H,5-14,19-20H2,1-4H3/q+2. The molecule has 0 amide bonds. The smallest absolute Gasteiger partial charge is 0.237 e. The molecule has 0 N–H and O–H groups in total. The number of rotatable bonds is 15. The van der Waals surface area contributed by atoms with Crippen LogP contribution in [0.1, 0.15) is 63.0 Å². The van der Waals surface area contributed by atoms with Crippen molar-refractivity contribution in [2.24, 2.45) is 14.1 Å². The largest absolute Gasteiger partial charge is 0.253 e. The second kappa shape index (κ2) is 13.4. The van der Waals surface area contributed by atoms with E-state index in [1.54, 1.807) is 0 Å². The van der Waals surface area contributed by atoms with E-state index >= 15 is 0 Å². The van der Waals surface area contributed by atoms with E-state index in [1.807, 2.05) is 0 Å². The summed E-state index contributed by atoms with van der Waals surface area (Å²) in [6.07, 6.45) is 19.5. The fourth-order valence-electron chi connectivity index (χ4n) is 3.38. The summed E-state index contributed by atoms with van der Waals surface area (Å²) in [6.45, 7) is 6.71. The van der Waals surface area contributed by atoms with Gasteiger partial charge in [0.15, 0.2) is 0 Å². The van der Waals surface area contributed by atoms with Crippen LogP contribution >= 0.6 is 21.6 Å². The van der Waals surface area contributed by atoms with E-state index in [2.05, 4.69) is 92.6 Å². The summed E-state index contributed by atoms with van der Waals surface area (Å²) in [7, 11) is 8.39. The molecule has 0 aliphatic carbocycles. The number of imidazole rings is 2. The molecule has 0 radical (unpaired) electrons. The predicted molar refractivity (Wildman–Crippen MR) is 123 cm³/mol. The van der Waals surface area contributed by atoms with Crippen LogP contribution in [0.4, 0.5) is 0 Å². The first kappa shape index (κ1) is 23.4. The van der Waals surface area contributed by atoms with E-state index in [9.17, 15) is 0 Å². The number of aromatic nitrogens is 4. The summed E-state index contributed by atoms with van der Waals surface area (Å²) >= 11 is 0. The van der Waals surface area contributed by atoms with Crippen molar-refractivity contribution < 1.29 is 9.13 Å². The lowest BCUT2D eigenvalue weighted by molar-refractivity contribution is -0.677. The number of hydrogen-bond donors (Lipinski definition) is 0. The summed E-state index contributed by atoms with van der Waals surface area (Å²) in [5, 5.41) is 0. The Morgan fingerprint density at radius 1 is 0.643 bits per heavy atom. The highest BCUT2D eigenvalue weighted by molar-refractivity contribution is 8.76. The van der Waals surface area contributed by atoms with E-state index in [0.717, 1.165) is 13.1 Å². The lowest BCUT2D eigenvalue weighted by Crippen LogP contribution is -2.29. The zero-order valence-corrected chi connectivity index (χ0v) is 20.0. The molecular weight excluding hydrogens is 384 g/mol. The van der Waals surface area contributed by atoms with Gasteiger partial charge in [0, 0.05) is 25.4 Å². The Kier molecular flexibility index (Phi) is 11.2. The van der Waals surface area contributed by atoms with Crippen molar-refractivity contribution in [2.45, 2.75) is 78.3 Å². The first-order chi connectivity index (χ1) is 13.6. The van der Waals surface area contributed by atoms with Gasteiger partial charge in [0.25, 0.3) is 11.6 Å². The SMILES string of the molecule is Cc1n(CCCCCCSSCCCCCCn2cc[n+](C)c2C)cc[n+]1C. The molecule has 158 valence electrons. The average molecular weight is 425 g/mol. The molecule has 28 heavy (non-hydrogen) atoms. The molecule has 4 nitrogen and oxygen atoms in total. The van der Waals surface area contributed by atoms with Crippen LogP contribution in [0.15, 0.2) is 24.8 Å². The summed E-state index contributed by atoms with van der Waals surface area (Å²) in [5.41, 5.74) is 0. The maximum Gasteiger partial charge on any atom is 0.253 e. The van der Waals surface area contributed by atoms with E-state index in [0.29, 0.717) is 0 Å². The average Bonchev–Trinajstić information content (AvgIpc) is 3.18. The van der Waals surface area contributed by atoms with Gasteiger partial charge in [-0.3, -0.25) is 0 Å². The molecule has 0 fully saturated rings. The van der Waals surface area contributed by atoms with Crippen LogP contribution in [0.3, 0.4) is 0 Å².